The van der Waals surface area contributed by atoms with Gasteiger partial charge in [-0.15, -0.1) is 0 Å². The molecule has 0 bridgehead atoms. The quantitative estimate of drug-likeness (QED) is 0.852. The molecule has 0 unspecified atom stereocenters. The van der Waals surface area contributed by atoms with E-state index in [2.05, 4.69) is 5.43 Å². The molecule has 1 amide bonds. The zero-order valence-electron chi connectivity index (χ0n) is 13.1. The summed E-state index contributed by atoms with van der Waals surface area (Å²) < 4.78 is 41.6. The normalized spacial score (nSPS) is 19.5. The fraction of sp³-hybridized carbons (Fsp3) is 0.353. The summed E-state index contributed by atoms with van der Waals surface area (Å²) in [5.41, 5.74) is 1.29. The van der Waals surface area contributed by atoms with Crippen LogP contribution >= 0.6 is 11.6 Å². The Morgan fingerprint density at radius 2 is 1.88 bits per heavy atom. The largest absolute Gasteiger partial charge is 0.409 e. The molecule has 1 saturated heterocycles. The number of alkyl halides is 3. The molecule has 7 heteroatoms. The van der Waals surface area contributed by atoms with Crippen LogP contribution in [0.4, 0.5) is 13.2 Å². The second kappa shape index (κ2) is 5.63. The average Bonchev–Trinajstić information content (AvgIpc) is 2.73. The number of rotatable bonds is 2. The number of hydrazine groups is 1. The molecule has 1 N–H and O–H groups in total. The molecule has 0 radical (unpaired) electrons. The van der Waals surface area contributed by atoms with Gasteiger partial charge >= 0.3 is 6.18 Å². The highest BCUT2D eigenvalue weighted by Crippen LogP contribution is 2.46. The van der Waals surface area contributed by atoms with E-state index >= 15 is 0 Å². The van der Waals surface area contributed by atoms with Crippen LogP contribution in [0.25, 0.3) is 10.8 Å². The lowest BCUT2D eigenvalue weighted by atomic mass is 9.95. The summed E-state index contributed by atoms with van der Waals surface area (Å²) >= 11 is 6.31. The first-order valence-electron chi connectivity index (χ1n) is 7.44. The van der Waals surface area contributed by atoms with Crippen molar-refractivity contribution in [2.75, 3.05) is 0 Å². The summed E-state index contributed by atoms with van der Waals surface area (Å²) in [7, 11) is 0. The zero-order valence-corrected chi connectivity index (χ0v) is 13.9. The van der Waals surface area contributed by atoms with E-state index in [0.717, 1.165) is 10.4 Å². The molecule has 2 aromatic carbocycles. The van der Waals surface area contributed by atoms with Crippen molar-refractivity contribution < 1.29 is 18.0 Å². The smallest absolute Gasteiger partial charge is 0.287 e. The van der Waals surface area contributed by atoms with Crippen LogP contribution in [0.3, 0.4) is 0 Å². The van der Waals surface area contributed by atoms with Gasteiger partial charge in [-0.3, -0.25) is 10.2 Å². The number of nitrogens with one attached hydrogen (secondary N) is 1. The predicted octanol–water partition coefficient (Wildman–Crippen LogP) is 4.61. The Hall–Kier alpha value is -1.79. The number of carbonyl (C=O) groups excluding carboxylic acids is 1. The summed E-state index contributed by atoms with van der Waals surface area (Å²) in [5.74, 6) is -0.439. The van der Waals surface area contributed by atoms with Crippen LogP contribution in [-0.4, -0.2) is 22.6 Å². The van der Waals surface area contributed by atoms with Crippen molar-refractivity contribution in [2.45, 2.75) is 38.0 Å². The Labute approximate surface area is 142 Å². The summed E-state index contributed by atoms with van der Waals surface area (Å²) in [6, 6.07) is 7.96. The molecule has 1 atom stereocenters. The van der Waals surface area contributed by atoms with Crippen molar-refractivity contribution in [2.24, 2.45) is 0 Å². The summed E-state index contributed by atoms with van der Waals surface area (Å²) in [4.78, 5) is 11.7. The van der Waals surface area contributed by atoms with Crippen molar-refractivity contribution in [3.8, 4) is 0 Å². The summed E-state index contributed by atoms with van der Waals surface area (Å²) in [6.45, 7) is 3.19. The van der Waals surface area contributed by atoms with E-state index in [0.29, 0.717) is 5.39 Å². The van der Waals surface area contributed by atoms with Crippen molar-refractivity contribution in [1.82, 2.24) is 10.4 Å². The van der Waals surface area contributed by atoms with Gasteiger partial charge in [0.1, 0.15) is 0 Å². The van der Waals surface area contributed by atoms with Gasteiger partial charge < -0.3 is 0 Å². The lowest BCUT2D eigenvalue weighted by Gasteiger charge is -2.38. The number of halogens is 4. The number of amides is 1. The Morgan fingerprint density at radius 3 is 2.46 bits per heavy atom. The monoisotopic (exact) mass is 356 g/mol. The molecule has 0 aromatic heterocycles. The maximum Gasteiger partial charge on any atom is 0.409 e. The minimum absolute atomic E-state index is 0.00915. The van der Waals surface area contributed by atoms with Crippen LogP contribution in [0.2, 0.25) is 5.02 Å². The second-order valence-electron chi connectivity index (χ2n) is 6.53. The maximum absolute atomic E-state index is 13.9. The van der Waals surface area contributed by atoms with E-state index in [9.17, 15) is 18.0 Å². The van der Waals surface area contributed by atoms with Gasteiger partial charge in [-0.05, 0) is 24.8 Å². The van der Waals surface area contributed by atoms with Gasteiger partial charge in [0.25, 0.3) is 0 Å². The molecule has 0 saturated carbocycles. The molecule has 24 heavy (non-hydrogen) atoms. The number of hydrogen-bond donors (Lipinski definition) is 1. The lowest BCUT2D eigenvalue weighted by molar-refractivity contribution is -0.203. The molecular weight excluding hydrogens is 341 g/mol. The Balaban J connectivity index is 2.18. The van der Waals surface area contributed by atoms with Crippen LogP contribution in [0.1, 0.15) is 31.9 Å². The average molecular weight is 357 g/mol. The van der Waals surface area contributed by atoms with Crippen molar-refractivity contribution in [3.63, 3.8) is 0 Å². The van der Waals surface area contributed by atoms with Crippen molar-refractivity contribution >= 4 is 28.3 Å². The molecule has 3 nitrogen and oxygen atoms in total. The highest BCUT2D eigenvalue weighted by molar-refractivity contribution is 6.36. The Kier molecular flexibility index (Phi) is 4.00. The fourth-order valence-corrected chi connectivity index (χ4v) is 3.48. The molecule has 1 aliphatic heterocycles. The Bertz CT molecular complexity index is 804. The van der Waals surface area contributed by atoms with E-state index < -0.39 is 23.7 Å². The molecule has 2 aromatic rings. The van der Waals surface area contributed by atoms with Gasteiger partial charge in [0.2, 0.25) is 5.91 Å². The van der Waals surface area contributed by atoms with Crippen LogP contribution in [-0.2, 0) is 4.79 Å². The maximum atomic E-state index is 13.9. The number of benzene rings is 2. The van der Waals surface area contributed by atoms with Gasteiger partial charge in [-0.1, -0.05) is 48.0 Å². The first-order valence-corrected chi connectivity index (χ1v) is 7.82. The van der Waals surface area contributed by atoms with Gasteiger partial charge in [0.05, 0.1) is 5.02 Å². The number of fused-ring (bicyclic) bond motifs is 1. The molecule has 0 spiro atoms. The third-order valence-corrected chi connectivity index (χ3v) is 4.67. The fourth-order valence-electron chi connectivity index (χ4n) is 3.14. The van der Waals surface area contributed by atoms with Gasteiger partial charge in [0.15, 0.2) is 6.04 Å². The van der Waals surface area contributed by atoms with E-state index in [1.54, 1.807) is 44.2 Å². The highest BCUT2D eigenvalue weighted by atomic mass is 35.5. The predicted molar refractivity (Wildman–Crippen MR) is 86.4 cm³/mol. The van der Waals surface area contributed by atoms with Crippen molar-refractivity contribution in [1.29, 1.82) is 0 Å². The minimum Gasteiger partial charge on any atom is -0.287 e. The molecule has 1 fully saturated rings. The molecule has 128 valence electrons. The van der Waals surface area contributed by atoms with Crippen LogP contribution in [0.15, 0.2) is 36.4 Å². The lowest BCUT2D eigenvalue weighted by Crippen LogP contribution is -2.51. The molecule has 1 heterocycles. The molecule has 1 aliphatic rings. The number of hydrogen-bond acceptors (Lipinski definition) is 2. The molecular formula is C17H16ClF3N2O. The molecule has 0 aliphatic carbocycles. The summed E-state index contributed by atoms with van der Waals surface area (Å²) in [6.07, 6.45) is -4.61. The third-order valence-electron chi connectivity index (χ3n) is 4.25. The third kappa shape index (κ3) is 2.84. The van der Waals surface area contributed by atoms with E-state index in [4.69, 9.17) is 11.6 Å². The SMILES string of the molecule is CC1(C)CC(=O)NN1[C@@H](c1ccc2ccccc2c1Cl)C(F)(F)F. The van der Waals surface area contributed by atoms with Gasteiger partial charge in [0, 0.05) is 17.3 Å². The van der Waals surface area contributed by atoms with E-state index in [1.165, 1.54) is 6.07 Å². The second-order valence-corrected chi connectivity index (χ2v) is 6.91. The van der Waals surface area contributed by atoms with E-state index in [-0.39, 0.29) is 17.0 Å². The first kappa shape index (κ1) is 17.0. The highest BCUT2D eigenvalue weighted by Gasteiger charge is 2.53. The van der Waals surface area contributed by atoms with Gasteiger partial charge in [-0.25, -0.2) is 0 Å². The van der Waals surface area contributed by atoms with Crippen LogP contribution in [0.5, 0.6) is 0 Å². The topological polar surface area (TPSA) is 32.3 Å². The molecule has 3 rings (SSSR count). The zero-order chi connectivity index (χ0) is 17.7. The summed E-state index contributed by atoms with van der Waals surface area (Å²) in [5, 5.41) is 2.32. The number of carbonyl (C=O) groups is 1. The first-order chi connectivity index (χ1) is 11.1. The van der Waals surface area contributed by atoms with Crippen LogP contribution < -0.4 is 5.43 Å². The van der Waals surface area contributed by atoms with Crippen LogP contribution in [0, 0.1) is 0 Å². The minimum atomic E-state index is -4.60. The van der Waals surface area contributed by atoms with Gasteiger partial charge in [-0.2, -0.15) is 18.2 Å². The number of nitrogens with zero attached hydrogens (tertiary/aromatic N) is 1. The standard InChI is InChI=1S/C17H16ClF3N2O/c1-16(2)9-13(24)22-23(16)15(17(19,20)21)12-8-7-10-5-3-4-6-11(10)14(12)18/h3-8,15H,9H2,1-2H3,(H,22,24)/t15-/m0/s1. The van der Waals surface area contributed by atoms with E-state index in [1.807, 2.05) is 0 Å². The Morgan fingerprint density at radius 1 is 1.21 bits per heavy atom. The van der Waals surface area contributed by atoms with Crippen molar-refractivity contribution in [3.05, 3.63) is 47.0 Å².